The molecule has 12 heteroatoms. The number of carbonyl (C=O) groups excluding carboxylic acids is 2. The molecule has 2 amide bonds. The third-order valence-corrected chi connectivity index (χ3v) is 8.10. The summed E-state index contributed by atoms with van der Waals surface area (Å²) in [6, 6.07) is 14.6. The lowest BCUT2D eigenvalue weighted by Crippen LogP contribution is -2.52. The molecule has 0 saturated carbocycles. The maximum atomic E-state index is 13.6. The number of methoxy groups -OCH3 is 2. The smallest absolute Gasteiger partial charge is 0.254 e. The molecule has 1 fully saturated rings. The van der Waals surface area contributed by atoms with Gasteiger partial charge in [0.05, 0.1) is 19.9 Å². The van der Waals surface area contributed by atoms with Gasteiger partial charge in [-0.15, -0.1) is 10.2 Å². The van der Waals surface area contributed by atoms with Gasteiger partial charge in [-0.25, -0.2) is 0 Å². The molecule has 3 heterocycles. The van der Waals surface area contributed by atoms with E-state index in [-0.39, 0.29) is 25.2 Å². The average molecular weight is 605 g/mol. The number of likely N-dealkylation sites (N-methyl/N-ethyl adjacent to an activating group) is 1. The van der Waals surface area contributed by atoms with Crippen LogP contribution < -0.4 is 23.8 Å². The van der Waals surface area contributed by atoms with E-state index in [4.69, 9.17) is 18.9 Å². The number of fused-ring (bicyclic) bond motifs is 1. The van der Waals surface area contributed by atoms with E-state index in [9.17, 15) is 9.59 Å². The Morgan fingerprint density at radius 3 is 2.27 bits per heavy atom. The van der Waals surface area contributed by atoms with Gasteiger partial charge in [0.25, 0.3) is 5.91 Å². The molecule has 1 aromatic heterocycles. The second-order valence-corrected chi connectivity index (χ2v) is 10.5. The Kier molecular flexibility index (Phi) is 10.0. The van der Waals surface area contributed by atoms with Crippen LogP contribution in [-0.4, -0.2) is 117 Å². The Bertz CT molecular complexity index is 1440. The summed E-state index contributed by atoms with van der Waals surface area (Å²) in [5.74, 6) is 2.91. The standard InChI is InChI=1S/C32H40N6O6/c1-5-35(6-2)13-14-38(32(40)24-8-11-27-29(20-24)44-22-43-27)21-31(39)37-17-15-36(16-18-37)30-12-9-25(33-34-30)23-7-10-26(41-3)28(19-23)42-4/h7-12,19-20H,5-6,13-18,21-22H2,1-4H3. The highest BCUT2D eigenvalue weighted by Gasteiger charge is 2.27. The number of rotatable bonds is 12. The number of nitrogens with zero attached hydrogens (tertiary/aromatic N) is 6. The lowest BCUT2D eigenvalue weighted by molar-refractivity contribution is -0.132. The van der Waals surface area contributed by atoms with E-state index >= 15 is 0 Å². The zero-order valence-electron chi connectivity index (χ0n) is 25.8. The predicted octanol–water partition coefficient (Wildman–Crippen LogP) is 3.02. The Hall–Kier alpha value is -4.58. The topological polar surface area (TPSA) is 110 Å². The number of piperazine rings is 1. The Balaban J connectivity index is 1.20. The van der Waals surface area contributed by atoms with Gasteiger partial charge in [0.1, 0.15) is 6.54 Å². The monoisotopic (exact) mass is 604 g/mol. The van der Waals surface area contributed by atoms with Gasteiger partial charge in [0, 0.05) is 50.4 Å². The van der Waals surface area contributed by atoms with Crippen molar-refractivity contribution in [3.05, 3.63) is 54.1 Å². The van der Waals surface area contributed by atoms with Gasteiger partial charge in [0.15, 0.2) is 28.8 Å². The first kappa shape index (κ1) is 30.9. The molecule has 1 saturated heterocycles. The lowest BCUT2D eigenvalue weighted by Gasteiger charge is -2.36. The Morgan fingerprint density at radius 2 is 1.59 bits per heavy atom. The summed E-state index contributed by atoms with van der Waals surface area (Å²) >= 11 is 0. The number of hydrogen-bond donors (Lipinski definition) is 0. The van der Waals surface area contributed by atoms with Crippen LogP contribution in [0.2, 0.25) is 0 Å². The molecule has 5 rings (SSSR count). The second-order valence-electron chi connectivity index (χ2n) is 10.5. The van der Waals surface area contributed by atoms with Gasteiger partial charge in [-0.1, -0.05) is 13.8 Å². The van der Waals surface area contributed by atoms with Gasteiger partial charge in [-0.3, -0.25) is 9.59 Å². The van der Waals surface area contributed by atoms with E-state index in [0.717, 1.165) is 30.2 Å². The molecule has 0 atom stereocenters. The SMILES string of the molecule is CCN(CC)CCN(CC(=O)N1CCN(c2ccc(-c3ccc(OC)c(OC)c3)nn2)CC1)C(=O)c1ccc2c(c1)OCO2. The summed E-state index contributed by atoms with van der Waals surface area (Å²) in [5, 5.41) is 8.89. The van der Waals surface area contributed by atoms with Crippen LogP contribution in [0.1, 0.15) is 24.2 Å². The van der Waals surface area contributed by atoms with Crippen molar-refractivity contribution in [2.45, 2.75) is 13.8 Å². The third-order valence-electron chi connectivity index (χ3n) is 8.10. The first-order valence-corrected chi connectivity index (χ1v) is 14.9. The van der Waals surface area contributed by atoms with Crippen molar-refractivity contribution in [3.63, 3.8) is 0 Å². The molecule has 3 aromatic rings. The van der Waals surface area contributed by atoms with Crippen LogP contribution in [0.5, 0.6) is 23.0 Å². The van der Waals surface area contributed by atoms with Crippen molar-refractivity contribution in [2.24, 2.45) is 0 Å². The van der Waals surface area contributed by atoms with Crippen LogP contribution in [0.3, 0.4) is 0 Å². The normalized spacial score (nSPS) is 14.1. The number of aromatic nitrogens is 2. The number of amides is 2. The largest absolute Gasteiger partial charge is 0.493 e. The fourth-order valence-electron chi connectivity index (χ4n) is 5.36. The molecular formula is C32H40N6O6. The molecular weight excluding hydrogens is 564 g/mol. The molecule has 0 unspecified atom stereocenters. The zero-order chi connectivity index (χ0) is 31.1. The number of ether oxygens (including phenoxy) is 4. The zero-order valence-corrected chi connectivity index (χ0v) is 25.8. The van der Waals surface area contributed by atoms with Crippen LogP contribution >= 0.6 is 0 Å². The third kappa shape index (κ3) is 6.96. The maximum absolute atomic E-state index is 13.6. The van der Waals surface area contributed by atoms with Crippen molar-refractivity contribution in [1.29, 1.82) is 0 Å². The summed E-state index contributed by atoms with van der Waals surface area (Å²) in [6.45, 7) is 9.49. The fourth-order valence-corrected chi connectivity index (χ4v) is 5.36. The Morgan fingerprint density at radius 1 is 0.841 bits per heavy atom. The molecule has 0 N–H and O–H groups in total. The first-order valence-electron chi connectivity index (χ1n) is 14.9. The quantitative estimate of drug-likeness (QED) is 0.306. The number of benzene rings is 2. The van der Waals surface area contributed by atoms with Crippen LogP contribution in [0.25, 0.3) is 11.3 Å². The van der Waals surface area contributed by atoms with E-state index in [1.54, 1.807) is 37.3 Å². The van der Waals surface area contributed by atoms with E-state index in [1.807, 2.05) is 35.2 Å². The lowest BCUT2D eigenvalue weighted by atomic mass is 10.1. The van der Waals surface area contributed by atoms with Crippen LogP contribution in [0.4, 0.5) is 5.82 Å². The number of hydrogen-bond acceptors (Lipinski definition) is 10. The van der Waals surface area contributed by atoms with Crippen molar-refractivity contribution in [3.8, 4) is 34.3 Å². The minimum absolute atomic E-state index is 0.00830. The summed E-state index contributed by atoms with van der Waals surface area (Å²) in [7, 11) is 3.20. The van der Waals surface area contributed by atoms with Gasteiger partial charge in [-0.2, -0.15) is 0 Å². The number of anilines is 1. The number of carbonyl (C=O) groups is 2. The van der Waals surface area contributed by atoms with Crippen LogP contribution in [0.15, 0.2) is 48.5 Å². The molecule has 44 heavy (non-hydrogen) atoms. The van der Waals surface area contributed by atoms with E-state index in [2.05, 4.69) is 33.8 Å². The minimum Gasteiger partial charge on any atom is -0.493 e. The summed E-state index contributed by atoms with van der Waals surface area (Å²) in [6.07, 6.45) is 0. The van der Waals surface area contributed by atoms with Crippen molar-refractivity contribution >= 4 is 17.6 Å². The van der Waals surface area contributed by atoms with Gasteiger partial charge in [0.2, 0.25) is 12.7 Å². The predicted molar refractivity (Wildman–Crippen MR) is 166 cm³/mol. The summed E-state index contributed by atoms with van der Waals surface area (Å²) in [4.78, 5) is 34.9. The summed E-state index contributed by atoms with van der Waals surface area (Å²) < 4.78 is 21.6. The molecule has 12 nitrogen and oxygen atoms in total. The van der Waals surface area contributed by atoms with Crippen LogP contribution in [0, 0.1) is 0 Å². The molecule has 234 valence electrons. The molecule has 0 aliphatic carbocycles. The second kappa shape index (κ2) is 14.3. The highest BCUT2D eigenvalue weighted by atomic mass is 16.7. The van der Waals surface area contributed by atoms with E-state index in [0.29, 0.717) is 67.8 Å². The molecule has 0 bridgehead atoms. The summed E-state index contributed by atoms with van der Waals surface area (Å²) in [5.41, 5.74) is 2.07. The molecule has 2 aliphatic rings. The molecule has 0 radical (unpaired) electrons. The highest BCUT2D eigenvalue weighted by Crippen LogP contribution is 2.33. The van der Waals surface area contributed by atoms with E-state index in [1.165, 1.54) is 0 Å². The van der Waals surface area contributed by atoms with Gasteiger partial charge in [-0.05, 0) is 61.6 Å². The maximum Gasteiger partial charge on any atom is 0.254 e. The highest BCUT2D eigenvalue weighted by molar-refractivity contribution is 5.97. The Labute approximate surface area is 258 Å². The fraction of sp³-hybridized carbons (Fsp3) is 0.438. The molecule has 2 aromatic carbocycles. The van der Waals surface area contributed by atoms with Gasteiger partial charge >= 0.3 is 0 Å². The van der Waals surface area contributed by atoms with Crippen molar-refractivity contribution in [2.75, 3.05) is 84.8 Å². The van der Waals surface area contributed by atoms with Crippen LogP contribution in [-0.2, 0) is 4.79 Å². The van der Waals surface area contributed by atoms with Crippen molar-refractivity contribution < 1.29 is 28.5 Å². The van der Waals surface area contributed by atoms with Gasteiger partial charge < -0.3 is 38.5 Å². The van der Waals surface area contributed by atoms with E-state index < -0.39 is 0 Å². The average Bonchev–Trinajstić information content (AvgIpc) is 3.56. The molecule has 2 aliphatic heterocycles. The molecule has 0 spiro atoms. The minimum atomic E-state index is -0.202. The van der Waals surface area contributed by atoms with Crippen molar-refractivity contribution in [1.82, 2.24) is 24.9 Å². The first-order chi connectivity index (χ1) is 21.4.